The van der Waals surface area contributed by atoms with Crippen molar-refractivity contribution in [3.8, 4) is 28.6 Å². The van der Waals surface area contributed by atoms with Crippen LogP contribution >= 0.6 is 0 Å². The Hall–Kier alpha value is -3.11. The molecule has 1 aliphatic rings. The fraction of sp³-hybridized carbons (Fsp3) is 0.348. The van der Waals surface area contributed by atoms with E-state index in [1.807, 2.05) is 0 Å². The van der Waals surface area contributed by atoms with E-state index >= 15 is 0 Å². The number of hydrogen-bond donors (Lipinski definition) is 4. The van der Waals surface area contributed by atoms with Gasteiger partial charge in [0.1, 0.15) is 52.8 Å². The van der Waals surface area contributed by atoms with E-state index in [0.717, 1.165) is 0 Å². The quantitative estimate of drug-likeness (QED) is 0.474. The van der Waals surface area contributed by atoms with Gasteiger partial charge in [0, 0.05) is 17.7 Å². The number of fused-ring (bicyclic) bond motifs is 1. The molecule has 0 spiro atoms. The van der Waals surface area contributed by atoms with Crippen LogP contribution in [0.5, 0.6) is 17.2 Å². The molecular weight excluding hydrogens is 420 g/mol. The van der Waals surface area contributed by atoms with Gasteiger partial charge >= 0.3 is 0 Å². The van der Waals surface area contributed by atoms with E-state index in [-0.39, 0.29) is 33.8 Å². The van der Waals surface area contributed by atoms with Gasteiger partial charge in [0.05, 0.1) is 25.9 Å². The molecule has 170 valence electrons. The zero-order valence-corrected chi connectivity index (χ0v) is 17.7. The fourth-order valence-electron chi connectivity index (χ4n) is 3.93. The average Bonchev–Trinajstić information content (AvgIpc) is 2.79. The summed E-state index contributed by atoms with van der Waals surface area (Å²) >= 11 is 0. The Bertz CT molecular complexity index is 1180. The molecule has 4 N–H and O–H groups in total. The van der Waals surface area contributed by atoms with Crippen molar-refractivity contribution in [3.05, 3.63) is 52.2 Å². The second kappa shape index (κ2) is 8.44. The molecule has 0 aliphatic carbocycles. The molecule has 1 aromatic heterocycles. The van der Waals surface area contributed by atoms with Crippen LogP contribution in [0, 0.1) is 0 Å². The highest BCUT2D eigenvalue weighted by Gasteiger charge is 2.44. The van der Waals surface area contributed by atoms with Crippen molar-refractivity contribution < 1.29 is 39.1 Å². The topological polar surface area (TPSA) is 139 Å². The molecule has 2 aromatic carbocycles. The molecule has 4 rings (SSSR count). The van der Waals surface area contributed by atoms with E-state index in [1.165, 1.54) is 33.3 Å². The van der Waals surface area contributed by atoms with Gasteiger partial charge in [0.15, 0.2) is 11.0 Å². The molecule has 1 saturated heterocycles. The Balaban J connectivity index is 1.97. The predicted octanol–water partition coefficient (Wildman–Crippen LogP) is 1.73. The number of aliphatic hydroxyl groups excluding tert-OH is 3. The van der Waals surface area contributed by atoms with Crippen molar-refractivity contribution >= 4 is 11.0 Å². The third-order valence-corrected chi connectivity index (χ3v) is 5.71. The molecule has 2 heterocycles. The van der Waals surface area contributed by atoms with Crippen molar-refractivity contribution in [2.45, 2.75) is 37.4 Å². The van der Waals surface area contributed by atoms with Gasteiger partial charge in [-0.1, -0.05) is 0 Å². The Morgan fingerprint density at radius 3 is 2.25 bits per heavy atom. The lowest BCUT2D eigenvalue weighted by Gasteiger charge is -2.39. The first kappa shape index (κ1) is 22.1. The van der Waals surface area contributed by atoms with E-state index in [0.29, 0.717) is 11.3 Å². The Kier molecular flexibility index (Phi) is 5.83. The van der Waals surface area contributed by atoms with E-state index in [9.17, 15) is 25.2 Å². The molecule has 9 nitrogen and oxygen atoms in total. The average molecular weight is 444 g/mol. The van der Waals surface area contributed by atoms with Crippen LogP contribution in [0.3, 0.4) is 0 Å². The third kappa shape index (κ3) is 3.59. The van der Waals surface area contributed by atoms with Crippen LogP contribution in [0.2, 0.25) is 0 Å². The van der Waals surface area contributed by atoms with Crippen LogP contribution < -0.4 is 14.9 Å². The minimum Gasteiger partial charge on any atom is -0.507 e. The van der Waals surface area contributed by atoms with Gasteiger partial charge in [-0.3, -0.25) is 4.79 Å². The molecule has 1 aliphatic heterocycles. The molecule has 0 saturated carbocycles. The molecular formula is C23H24O9. The van der Waals surface area contributed by atoms with Crippen molar-refractivity contribution in [1.29, 1.82) is 0 Å². The highest BCUT2D eigenvalue weighted by molar-refractivity contribution is 5.90. The first-order valence-electron chi connectivity index (χ1n) is 9.98. The summed E-state index contributed by atoms with van der Waals surface area (Å²) in [7, 11) is 2.88. The summed E-state index contributed by atoms with van der Waals surface area (Å²) in [5, 5.41) is 41.7. The standard InChI is InChI=1S/C23H24O9/c1-10-19(26)20(27)21(28)23(31-10)18-14(25)9-16(30-3)17-13(24)8-15(32-22(17)18)11-4-6-12(29-2)7-5-11/h4-10,19-21,23,25-28H,1-3H3/t10-,19-,20?,21?,23-/m0/s1. The number of hydrogen-bond acceptors (Lipinski definition) is 9. The molecule has 0 amide bonds. The molecule has 32 heavy (non-hydrogen) atoms. The first-order valence-corrected chi connectivity index (χ1v) is 9.98. The zero-order valence-electron chi connectivity index (χ0n) is 17.7. The monoisotopic (exact) mass is 444 g/mol. The molecule has 1 fully saturated rings. The van der Waals surface area contributed by atoms with Crippen LogP contribution in [0.4, 0.5) is 0 Å². The lowest BCUT2D eigenvalue weighted by Crippen LogP contribution is -2.53. The summed E-state index contributed by atoms with van der Waals surface area (Å²) in [5.74, 6) is 0.551. The van der Waals surface area contributed by atoms with Gasteiger partial charge in [-0.15, -0.1) is 0 Å². The molecule has 5 atom stereocenters. The van der Waals surface area contributed by atoms with Gasteiger partial charge < -0.3 is 39.1 Å². The van der Waals surface area contributed by atoms with Gasteiger partial charge in [0.2, 0.25) is 0 Å². The minimum atomic E-state index is -1.58. The molecule has 0 radical (unpaired) electrons. The predicted molar refractivity (Wildman–Crippen MR) is 114 cm³/mol. The fourth-order valence-corrected chi connectivity index (χ4v) is 3.93. The number of methoxy groups -OCH3 is 2. The Labute approximate surface area is 183 Å². The normalized spacial score (nSPS) is 25.6. The minimum absolute atomic E-state index is 0.0291. The summed E-state index contributed by atoms with van der Waals surface area (Å²) in [5.41, 5.74) is 0.0552. The number of benzene rings is 2. The van der Waals surface area contributed by atoms with Gasteiger partial charge in [-0.05, 0) is 31.2 Å². The smallest absolute Gasteiger partial charge is 0.197 e. The van der Waals surface area contributed by atoms with Crippen LogP contribution in [-0.2, 0) is 4.74 Å². The maximum Gasteiger partial charge on any atom is 0.197 e. The van der Waals surface area contributed by atoms with E-state index in [4.69, 9.17) is 18.6 Å². The second-order valence-electron chi connectivity index (χ2n) is 7.65. The summed E-state index contributed by atoms with van der Waals surface area (Å²) < 4.78 is 22.2. The first-order chi connectivity index (χ1) is 15.3. The highest BCUT2D eigenvalue weighted by atomic mass is 16.5. The highest BCUT2D eigenvalue weighted by Crippen LogP contribution is 2.43. The van der Waals surface area contributed by atoms with Crippen molar-refractivity contribution in [2.75, 3.05) is 14.2 Å². The molecule has 2 unspecified atom stereocenters. The molecule has 3 aromatic rings. The largest absolute Gasteiger partial charge is 0.507 e. The van der Waals surface area contributed by atoms with E-state index in [2.05, 4.69) is 0 Å². The summed E-state index contributed by atoms with van der Waals surface area (Å²) in [6.07, 6.45) is -6.57. The maximum absolute atomic E-state index is 13.0. The lowest BCUT2D eigenvalue weighted by atomic mass is 9.90. The number of rotatable bonds is 4. The van der Waals surface area contributed by atoms with Gasteiger partial charge in [-0.25, -0.2) is 0 Å². The molecule has 0 bridgehead atoms. The van der Waals surface area contributed by atoms with Crippen LogP contribution in [0.1, 0.15) is 18.6 Å². The van der Waals surface area contributed by atoms with Crippen LogP contribution in [0.15, 0.2) is 45.6 Å². The number of aromatic hydroxyl groups is 1. The summed E-state index contributed by atoms with van der Waals surface area (Å²) in [6, 6.07) is 9.34. The van der Waals surface area contributed by atoms with Crippen molar-refractivity contribution in [1.82, 2.24) is 0 Å². The molecule has 9 heteroatoms. The zero-order chi connectivity index (χ0) is 23.2. The van der Waals surface area contributed by atoms with Crippen LogP contribution in [-0.4, -0.2) is 59.1 Å². The number of aliphatic hydroxyl groups is 3. The number of ether oxygens (including phenoxy) is 3. The van der Waals surface area contributed by atoms with Crippen molar-refractivity contribution in [3.63, 3.8) is 0 Å². The third-order valence-electron chi connectivity index (χ3n) is 5.71. The number of phenolic OH excluding ortho intramolecular Hbond substituents is 1. The van der Waals surface area contributed by atoms with E-state index in [1.54, 1.807) is 24.3 Å². The maximum atomic E-state index is 13.0. The Morgan fingerprint density at radius 2 is 1.62 bits per heavy atom. The van der Waals surface area contributed by atoms with Gasteiger partial charge in [-0.2, -0.15) is 0 Å². The van der Waals surface area contributed by atoms with E-state index < -0.39 is 35.9 Å². The summed E-state index contributed by atoms with van der Waals surface area (Å²) in [4.78, 5) is 13.0. The Morgan fingerprint density at radius 1 is 0.938 bits per heavy atom. The summed E-state index contributed by atoms with van der Waals surface area (Å²) in [6.45, 7) is 1.52. The van der Waals surface area contributed by atoms with Crippen LogP contribution in [0.25, 0.3) is 22.3 Å². The van der Waals surface area contributed by atoms with Crippen molar-refractivity contribution in [2.24, 2.45) is 0 Å². The number of phenols is 1. The lowest BCUT2D eigenvalue weighted by molar-refractivity contribution is -0.219. The van der Waals surface area contributed by atoms with Gasteiger partial charge in [0.25, 0.3) is 0 Å². The second-order valence-corrected chi connectivity index (χ2v) is 7.65. The SMILES string of the molecule is COc1ccc(-c2cc(=O)c3c(OC)cc(O)c([C@@H]4O[C@@H](C)[C@H](O)C(O)C4O)c3o2)cc1.